The predicted molar refractivity (Wildman–Crippen MR) is 72.2 cm³/mol. The lowest BCUT2D eigenvalue weighted by Crippen LogP contribution is -2.31. The molecule has 0 bridgehead atoms. The fraction of sp³-hybridized carbons (Fsp3) is 0.500. The van der Waals surface area contributed by atoms with Crippen LogP contribution < -0.4 is 5.32 Å². The van der Waals surface area contributed by atoms with Crippen molar-refractivity contribution >= 4 is 10.9 Å². The van der Waals surface area contributed by atoms with E-state index in [4.69, 9.17) is 0 Å². The van der Waals surface area contributed by atoms with Gasteiger partial charge in [-0.1, -0.05) is 25.1 Å². The van der Waals surface area contributed by atoms with Gasteiger partial charge in [-0.3, -0.25) is 4.68 Å². The van der Waals surface area contributed by atoms with Crippen LogP contribution in [0.2, 0.25) is 0 Å². The van der Waals surface area contributed by atoms with Crippen LogP contribution in [0.1, 0.15) is 33.2 Å². The van der Waals surface area contributed by atoms with Gasteiger partial charge < -0.3 is 5.32 Å². The minimum Gasteiger partial charge on any atom is -0.312 e. The summed E-state index contributed by atoms with van der Waals surface area (Å²) in [4.78, 5) is 0. The van der Waals surface area contributed by atoms with E-state index >= 15 is 0 Å². The van der Waals surface area contributed by atoms with Gasteiger partial charge >= 0.3 is 0 Å². The second kappa shape index (κ2) is 5.32. The third-order valence-corrected chi connectivity index (χ3v) is 3.30. The van der Waals surface area contributed by atoms with Crippen molar-refractivity contribution in [3.8, 4) is 0 Å². The van der Waals surface area contributed by atoms with E-state index in [1.165, 1.54) is 10.9 Å². The van der Waals surface area contributed by atoms with E-state index in [-0.39, 0.29) is 0 Å². The largest absolute Gasteiger partial charge is 0.312 e. The molecule has 1 N–H and O–H groups in total. The average Bonchev–Trinajstić information content (AvgIpc) is 2.79. The Kier molecular flexibility index (Phi) is 3.79. The molecule has 2 rings (SSSR count). The Morgan fingerprint density at radius 3 is 2.82 bits per heavy atom. The third kappa shape index (κ3) is 2.67. The molecule has 0 aliphatic carbocycles. The predicted octanol–water partition coefficient (Wildman–Crippen LogP) is 2.99. The Balaban J connectivity index is 2.11. The highest BCUT2D eigenvalue weighted by Gasteiger charge is 2.09. The first-order valence-electron chi connectivity index (χ1n) is 6.38. The highest BCUT2D eigenvalue weighted by Crippen LogP contribution is 2.16. The number of nitrogens with zero attached hydrogens (tertiary/aromatic N) is 2. The molecule has 1 heterocycles. The zero-order valence-electron chi connectivity index (χ0n) is 10.9. The van der Waals surface area contributed by atoms with E-state index < -0.39 is 0 Å². The lowest BCUT2D eigenvalue weighted by atomic mass is 10.2. The van der Waals surface area contributed by atoms with Gasteiger partial charge in [-0.15, -0.1) is 0 Å². The molecule has 1 aromatic carbocycles. The first-order chi connectivity index (χ1) is 8.22. The van der Waals surface area contributed by atoms with Crippen LogP contribution in [0.4, 0.5) is 0 Å². The van der Waals surface area contributed by atoms with E-state index in [0.717, 1.165) is 13.0 Å². The van der Waals surface area contributed by atoms with Crippen LogP contribution in [0.5, 0.6) is 0 Å². The topological polar surface area (TPSA) is 29.9 Å². The Morgan fingerprint density at radius 2 is 2.06 bits per heavy atom. The lowest BCUT2D eigenvalue weighted by Gasteiger charge is -2.17. The number of fused-ring (bicyclic) bond motifs is 1. The maximum absolute atomic E-state index is 4.48. The summed E-state index contributed by atoms with van der Waals surface area (Å²) in [7, 11) is 0. The summed E-state index contributed by atoms with van der Waals surface area (Å²) in [6, 6.07) is 9.30. The highest BCUT2D eigenvalue weighted by atomic mass is 15.3. The van der Waals surface area contributed by atoms with Crippen molar-refractivity contribution in [3.05, 3.63) is 30.5 Å². The molecule has 2 aromatic rings. The summed E-state index contributed by atoms with van der Waals surface area (Å²) in [6.07, 6.45) is 3.10. The van der Waals surface area contributed by atoms with Crippen LogP contribution in [0.15, 0.2) is 30.5 Å². The molecule has 17 heavy (non-hydrogen) atoms. The van der Waals surface area contributed by atoms with Gasteiger partial charge in [0.2, 0.25) is 0 Å². The molecule has 3 heteroatoms. The molecular weight excluding hydrogens is 210 g/mol. The molecule has 2 atom stereocenters. The van der Waals surface area contributed by atoms with Crippen molar-refractivity contribution in [2.45, 2.75) is 39.3 Å². The summed E-state index contributed by atoms with van der Waals surface area (Å²) in [6.45, 7) is 7.58. The molecule has 1 aromatic heterocycles. The molecule has 0 fully saturated rings. The molecule has 0 radical (unpaired) electrons. The van der Waals surface area contributed by atoms with Gasteiger partial charge in [0.25, 0.3) is 0 Å². The summed E-state index contributed by atoms with van der Waals surface area (Å²) in [5.74, 6) is 0. The molecule has 0 aliphatic heterocycles. The van der Waals surface area contributed by atoms with Gasteiger partial charge in [0.1, 0.15) is 0 Å². The molecule has 0 saturated carbocycles. The minimum atomic E-state index is 0.379. The van der Waals surface area contributed by atoms with E-state index in [1.54, 1.807) is 0 Å². The number of para-hydroxylation sites is 1. The van der Waals surface area contributed by atoms with Crippen molar-refractivity contribution in [3.63, 3.8) is 0 Å². The standard InChI is InChI=1S/C14H21N3/c1-4-11(2)15-9-12(3)17-14-8-6-5-7-13(14)10-16-17/h5-8,10-12,15H,4,9H2,1-3H3. The zero-order valence-corrected chi connectivity index (χ0v) is 10.9. The zero-order chi connectivity index (χ0) is 12.3. The fourth-order valence-corrected chi connectivity index (χ4v) is 1.95. The Morgan fingerprint density at radius 1 is 1.29 bits per heavy atom. The number of hydrogen-bond acceptors (Lipinski definition) is 2. The molecule has 0 spiro atoms. The number of rotatable bonds is 5. The summed E-state index contributed by atoms with van der Waals surface area (Å²) < 4.78 is 2.10. The van der Waals surface area contributed by atoms with Crippen molar-refractivity contribution in [2.75, 3.05) is 6.54 Å². The Bertz CT molecular complexity index is 475. The first-order valence-corrected chi connectivity index (χ1v) is 6.38. The van der Waals surface area contributed by atoms with E-state index in [0.29, 0.717) is 12.1 Å². The maximum atomic E-state index is 4.48. The summed E-state index contributed by atoms with van der Waals surface area (Å²) in [5, 5.41) is 9.21. The molecule has 92 valence electrons. The van der Waals surface area contributed by atoms with E-state index in [1.807, 2.05) is 6.20 Å². The van der Waals surface area contributed by atoms with Crippen LogP contribution in [0.3, 0.4) is 0 Å². The van der Waals surface area contributed by atoms with Crippen molar-refractivity contribution in [2.24, 2.45) is 0 Å². The number of benzene rings is 1. The molecule has 2 unspecified atom stereocenters. The molecule has 0 saturated heterocycles. The van der Waals surface area contributed by atoms with E-state index in [2.05, 4.69) is 60.1 Å². The van der Waals surface area contributed by atoms with Crippen LogP contribution in [-0.2, 0) is 0 Å². The minimum absolute atomic E-state index is 0.379. The van der Waals surface area contributed by atoms with Crippen molar-refractivity contribution in [1.29, 1.82) is 0 Å². The second-order valence-electron chi connectivity index (χ2n) is 4.71. The number of aromatic nitrogens is 2. The monoisotopic (exact) mass is 231 g/mol. The third-order valence-electron chi connectivity index (χ3n) is 3.30. The van der Waals surface area contributed by atoms with Gasteiger partial charge in [-0.25, -0.2) is 0 Å². The summed E-state index contributed by atoms with van der Waals surface area (Å²) in [5.41, 5.74) is 1.21. The lowest BCUT2D eigenvalue weighted by molar-refractivity contribution is 0.427. The van der Waals surface area contributed by atoms with Gasteiger partial charge in [0.15, 0.2) is 0 Å². The number of nitrogens with one attached hydrogen (secondary N) is 1. The van der Waals surface area contributed by atoms with E-state index in [9.17, 15) is 0 Å². The Hall–Kier alpha value is -1.35. The van der Waals surface area contributed by atoms with Gasteiger partial charge in [0, 0.05) is 18.0 Å². The maximum Gasteiger partial charge on any atom is 0.0686 e. The SMILES string of the molecule is CCC(C)NCC(C)n1ncc2ccccc21. The van der Waals surface area contributed by atoms with Gasteiger partial charge in [-0.2, -0.15) is 5.10 Å². The highest BCUT2D eigenvalue weighted by molar-refractivity contribution is 5.78. The second-order valence-corrected chi connectivity index (χ2v) is 4.71. The molecule has 0 aliphatic rings. The summed E-state index contributed by atoms with van der Waals surface area (Å²) >= 11 is 0. The van der Waals surface area contributed by atoms with Crippen LogP contribution in [-0.4, -0.2) is 22.4 Å². The van der Waals surface area contributed by atoms with Crippen LogP contribution >= 0.6 is 0 Å². The quantitative estimate of drug-likeness (QED) is 0.857. The molecule has 3 nitrogen and oxygen atoms in total. The molecule has 0 amide bonds. The van der Waals surface area contributed by atoms with Gasteiger partial charge in [-0.05, 0) is 26.3 Å². The van der Waals surface area contributed by atoms with Gasteiger partial charge in [0.05, 0.1) is 17.8 Å². The van der Waals surface area contributed by atoms with Crippen LogP contribution in [0.25, 0.3) is 10.9 Å². The normalized spacial score (nSPS) is 15.0. The van der Waals surface area contributed by atoms with Crippen molar-refractivity contribution < 1.29 is 0 Å². The number of hydrogen-bond donors (Lipinski definition) is 1. The van der Waals surface area contributed by atoms with Crippen molar-refractivity contribution in [1.82, 2.24) is 15.1 Å². The smallest absolute Gasteiger partial charge is 0.0686 e. The first kappa shape index (κ1) is 12.1. The average molecular weight is 231 g/mol. The van der Waals surface area contributed by atoms with Crippen LogP contribution in [0, 0.1) is 0 Å². The fourth-order valence-electron chi connectivity index (χ4n) is 1.95. The Labute approximate surface area is 103 Å². The molecular formula is C14H21N3.